The summed E-state index contributed by atoms with van der Waals surface area (Å²) >= 11 is 0. The smallest absolute Gasteiger partial charge is 0.283 e. The predicted octanol–water partition coefficient (Wildman–Crippen LogP) is 5.02. The molecule has 4 aromatic rings. The van der Waals surface area contributed by atoms with Crippen molar-refractivity contribution in [3.63, 3.8) is 0 Å². The van der Waals surface area contributed by atoms with Gasteiger partial charge in [-0.05, 0) is 72.2 Å². The molecular formula is C33H36N2O5S. The largest absolute Gasteiger partial charge is 0.508 e. The van der Waals surface area contributed by atoms with E-state index < -0.39 is 28.4 Å². The molecule has 1 fully saturated rings. The number of rotatable bonds is 8. The van der Waals surface area contributed by atoms with Crippen LogP contribution < -0.4 is 0 Å². The summed E-state index contributed by atoms with van der Waals surface area (Å²) in [4.78, 5) is 0. The van der Waals surface area contributed by atoms with E-state index in [0.717, 1.165) is 11.1 Å². The van der Waals surface area contributed by atoms with Gasteiger partial charge in [0.05, 0.1) is 6.10 Å². The molecule has 0 aliphatic carbocycles. The predicted molar refractivity (Wildman–Crippen MR) is 159 cm³/mol. The Morgan fingerprint density at radius 3 is 1.37 bits per heavy atom. The highest BCUT2D eigenvalue weighted by Crippen LogP contribution is 2.32. The molecule has 0 unspecified atom stereocenters. The van der Waals surface area contributed by atoms with Crippen LogP contribution in [0.3, 0.4) is 0 Å². The van der Waals surface area contributed by atoms with Crippen LogP contribution in [0, 0.1) is 0 Å². The van der Waals surface area contributed by atoms with Crippen molar-refractivity contribution in [1.82, 2.24) is 8.61 Å². The zero-order valence-corrected chi connectivity index (χ0v) is 23.6. The van der Waals surface area contributed by atoms with Gasteiger partial charge in [-0.15, -0.1) is 0 Å². The first-order chi connectivity index (χ1) is 19.8. The summed E-state index contributed by atoms with van der Waals surface area (Å²) < 4.78 is 32.6. The Morgan fingerprint density at radius 2 is 0.976 bits per heavy atom. The molecule has 1 aliphatic rings. The highest BCUT2D eigenvalue weighted by Gasteiger charge is 2.42. The van der Waals surface area contributed by atoms with Crippen molar-refractivity contribution in [2.75, 3.05) is 0 Å². The first kappa shape index (κ1) is 28.8. The molecule has 0 amide bonds. The van der Waals surface area contributed by atoms with E-state index in [1.165, 1.54) is 8.61 Å². The van der Waals surface area contributed by atoms with Gasteiger partial charge in [0.2, 0.25) is 0 Å². The Labute approximate surface area is 242 Å². The summed E-state index contributed by atoms with van der Waals surface area (Å²) in [6.07, 6.45) is 0.667. The van der Waals surface area contributed by atoms with E-state index in [-0.39, 0.29) is 37.4 Å². The Hall–Kier alpha value is -3.69. The molecule has 0 aromatic heterocycles. The van der Waals surface area contributed by atoms with Gasteiger partial charge in [-0.3, -0.25) is 0 Å². The van der Waals surface area contributed by atoms with Crippen LogP contribution in [0.15, 0.2) is 109 Å². The average Bonchev–Trinajstić information content (AvgIpc) is 2.95. The molecule has 214 valence electrons. The van der Waals surface area contributed by atoms with E-state index in [9.17, 15) is 23.7 Å². The number of hydrogen-bond acceptors (Lipinski definition) is 5. The molecule has 0 spiro atoms. The van der Waals surface area contributed by atoms with Crippen LogP contribution in [-0.2, 0) is 36.1 Å². The topological polar surface area (TPSA) is 101 Å². The standard InChI is InChI=1S/C33H36N2O5S/c36-31-15-7-13-27(19-31)23-34-29(17-25-9-3-1-4-10-25)21-33(38)22-30(18-26-11-5-2-6-12-26)35(41(34,39)40)24-28-14-8-16-32(37)20-28/h1-16,19-20,29-30,33,36-38H,17-18,21-24H2/t29-,30-/m1/s1. The average molecular weight is 573 g/mol. The molecular weight excluding hydrogens is 536 g/mol. The Bertz CT molecular complexity index is 1420. The second-order valence-corrected chi connectivity index (χ2v) is 12.6. The van der Waals surface area contributed by atoms with Crippen LogP contribution in [-0.4, -0.2) is 50.5 Å². The van der Waals surface area contributed by atoms with Crippen molar-refractivity contribution >= 4 is 10.2 Å². The minimum atomic E-state index is -4.12. The van der Waals surface area contributed by atoms with Crippen molar-refractivity contribution in [2.24, 2.45) is 0 Å². The molecule has 7 nitrogen and oxygen atoms in total. The number of hydrogen-bond donors (Lipinski definition) is 3. The number of nitrogens with zero attached hydrogens (tertiary/aromatic N) is 2. The normalized spacial score (nSPS) is 21.6. The van der Waals surface area contributed by atoms with Crippen molar-refractivity contribution < 1.29 is 23.7 Å². The van der Waals surface area contributed by atoms with Gasteiger partial charge in [-0.2, -0.15) is 17.0 Å². The Morgan fingerprint density at radius 1 is 0.585 bits per heavy atom. The van der Waals surface area contributed by atoms with E-state index in [4.69, 9.17) is 0 Å². The SMILES string of the molecule is O=S1(=O)N(Cc2cccc(O)c2)[C@H](Cc2ccccc2)CC(O)C[C@@H](Cc2ccccc2)N1Cc1cccc(O)c1. The summed E-state index contributed by atoms with van der Waals surface area (Å²) in [5.74, 6) is 0.121. The van der Waals surface area contributed by atoms with Crippen molar-refractivity contribution in [2.45, 2.75) is 57.0 Å². The summed E-state index contributed by atoms with van der Waals surface area (Å²) in [6.45, 7) is 0.0745. The van der Waals surface area contributed by atoms with Crippen LogP contribution in [0.4, 0.5) is 0 Å². The zero-order chi connectivity index (χ0) is 28.8. The number of benzene rings is 4. The van der Waals surface area contributed by atoms with Crippen LogP contribution >= 0.6 is 0 Å². The molecule has 8 heteroatoms. The fourth-order valence-electron chi connectivity index (χ4n) is 5.70. The van der Waals surface area contributed by atoms with Crippen molar-refractivity contribution in [3.8, 4) is 11.5 Å². The second-order valence-electron chi connectivity index (χ2n) is 10.8. The Balaban J connectivity index is 1.60. The van der Waals surface area contributed by atoms with E-state index in [1.807, 2.05) is 60.7 Å². The molecule has 41 heavy (non-hydrogen) atoms. The lowest BCUT2D eigenvalue weighted by molar-refractivity contribution is 0.0789. The summed E-state index contributed by atoms with van der Waals surface area (Å²) in [5, 5.41) is 31.7. The third-order valence-corrected chi connectivity index (χ3v) is 9.66. The summed E-state index contributed by atoms with van der Waals surface area (Å²) in [7, 11) is -4.12. The number of phenols is 2. The molecule has 0 radical (unpaired) electrons. The van der Waals surface area contributed by atoms with Crippen LogP contribution in [0.1, 0.15) is 35.1 Å². The van der Waals surface area contributed by atoms with Crippen molar-refractivity contribution in [3.05, 3.63) is 131 Å². The molecule has 0 saturated carbocycles. The van der Waals surface area contributed by atoms with Gasteiger partial charge in [0, 0.05) is 25.2 Å². The van der Waals surface area contributed by atoms with Crippen LogP contribution in [0.25, 0.3) is 0 Å². The Kier molecular flexibility index (Phi) is 9.05. The maximum Gasteiger partial charge on any atom is 0.283 e. The lowest BCUT2D eigenvalue weighted by Gasteiger charge is -2.42. The molecule has 4 aromatic carbocycles. The van der Waals surface area contributed by atoms with E-state index >= 15 is 0 Å². The summed E-state index contributed by atoms with van der Waals surface area (Å²) in [5.41, 5.74) is 3.25. The lowest BCUT2D eigenvalue weighted by Crippen LogP contribution is -2.55. The zero-order valence-electron chi connectivity index (χ0n) is 22.8. The third kappa shape index (κ3) is 7.34. The van der Waals surface area contributed by atoms with Crippen LogP contribution in [0.5, 0.6) is 11.5 Å². The molecule has 3 N–H and O–H groups in total. The molecule has 0 bridgehead atoms. The number of aliphatic hydroxyl groups is 1. The monoisotopic (exact) mass is 572 g/mol. The first-order valence-electron chi connectivity index (χ1n) is 13.9. The number of aliphatic hydroxyl groups excluding tert-OH is 1. The quantitative estimate of drug-likeness (QED) is 0.275. The third-order valence-electron chi connectivity index (χ3n) is 7.62. The molecule has 1 saturated heterocycles. The van der Waals surface area contributed by atoms with Crippen molar-refractivity contribution in [1.29, 1.82) is 0 Å². The highest BCUT2D eigenvalue weighted by molar-refractivity contribution is 7.86. The van der Waals surface area contributed by atoms with Gasteiger partial charge in [-0.25, -0.2) is 0 Å². The van der Waals surface area contributed by atoms with Gasteiger partial charge in [0.1, 0.15) is 11.5 Å². The van der Waals surface area contributed by atoms with Gasteiger partial charge >= 0.3 is 0 Å². The number of phenolic OH excluding ortho intramolecular Hbond substituents is 2. The van der Waals surface area contributed by atoms with Crippen LogP contribution in [0.2, 0.25) is 0 Å². The molecule has 2 atom stereocenters. The molecule has 1 heterocycles. The van der Waals surface area contributed by atoms with Gasteiger partial charge < -0.3 is 15.3 Å². The molecule has 1 aliphatic heterocycles. The van der Waals surface area contributed by atoms with E-state index in [0.29, 0.717) is 24.0 Å². The van der Waals surface area contributed by atoms with Gasteiger partial charge in [0.25, 0.3) is 10.2 Å². The maximum absolute atomic E-state index is 14.8. The minimum absolute atomic E-state index is 0.0373. The lowest BCUT2D eigenvalue weighted by atomic mass is 9.94. The summed E-state index contributed by atoms with van der Waals surface area (Å²) in [6, 6.07) is 31.6. The maximum atomic E-state index is 14.8. The van der Waals surface area contributed by atoms with E-state index in [1.54, 1.807) is 48.5 Å². The second kappa shape index (κ2) is 12.9. The fraction of sp³-hybridized carbons (Fsp3) is 0.273. The first-order valence-corrected chi connectivity index (χ1v) is 15.3. The van der Waals surface area contributed by atoms with Gasteiger partial charge in [-0.1, -0.05) is 84.9 Å². The highest BCUT2D eigenvalue weighted by atomic mass is 32.2. The number of aromatic hydroxyl groups is 2. The van der Waals surface area contributed by atoms with Gasteiger partial charge in [0.15, 0.2) is 0 Å². The van der Waals surface area contributed by atoms with E-state index in [2.05, 4.69) is 0 Å². The minimum Gasteiger partial charge on any atom is -0.508 e. The fourth-order valence-corrected chi connectivity index (χ4v) is 7.67. The molecule has 5 rings (SSSR count).